The molecule has 2 N–H and O–H groups in total. The SMILES string of the molecule is CCCCCCCCCCCCOC[C@H]1O[C@@H](OCCCN=[N+]=[N-])[C@H](OCCCCCCCCCCCC)[C@@H](O)[C@H]1O. The van der Waals surface area contributed by atoms with Gasteiger partial charge < -0.3 is 29.2 Å². The molecule has 1 aliphatic heterocycles. The second-order valence-electron chi connectivity index (χ2n) is 12.0. The molecule has 5 atom stereocenters. The summed E-state index contributed by atoms with van der Waals surface area (Å²) >= 11 is 0. The van der Waals surface area contributed by atoms with Crippen molar-refractivity contribution in [2.45, 2.75) is 179 Å². The predicted octanol–water partition coefficient (Wildman–Crippen LogP) is 8.39. The molecule has 0 aliphatic carbocycles. The Hall–Kier alpha value is -0.930. The van der Waals surface area contributed by atoms with Crippen molar-refractivity contribution in [2.75, 3.05) is 33.0 Å². The number of hydrogen-bond acceptors (Lipinski definition) is 7. The number of aliphatic hydroxyl groups is 2. The van der Waals surface area contributed by atoms with E-state index in [0.29, 0.717) is 32.8 Å². The van der Waals surface area contributed by atoms with Crippen molar-refractivity contribution in [3.05, 3.63) is 10.4 Å². The van der Waals surface area contributed by atoms with E-state index < -0.39 is 30.7 Å². The Bertz CT molecular complexity index is 635. The average Bonchev–Trinajstić information content (AvgIpc) is 2.99. The molecule has 1 rings (SSSR count). The highest BCUT2D eigenvalue weighted by atomic mass is 16.7. The van der Waals surface area contributed by atoms with Gasteiger partial charge in [0.1, 0.15) is 24.4 Å². The quantitative estimate of drug-likeness (QED) is 0.0369. The highest BCUT2D eigenvalue weighted by Gasteiger charge is 2.45. The fourth-order valence-electron chi connectivity index (χ4n) is 5.43. The molecule has 0 bridgehead atoms. The number of aliphatic hydroxyl groups excluding tert-OH is 2. The molecule has 0 aromatic rings. The van der Waals surface area contributed by atoms with E-state index in [1.54, 1.807) is 0 Å². The van der Waals surface area contributed by atoms with Gasteiger partial charge in [0.15, 0.2) is 6.29 Å². The summed E-state index contributed by atoms with van der Waals surface area (Å²) in [5, 5.41) is 25.2. The molecule has 1 fully saturated rings. The summed E-state index contributed by atoms with van der Waals surface area (Å²) in [6.07, 6.45) is 21.0. The van der Waals surface area contributed by atoms with Crippen molar-refractivity contribution in [1.29, 1.82) is 0 Å². The van der Waals surface area contributed by atoms with Crippen LogP contribution in [0, 0.1) is 0 Å². The maximum atomic E-state index is 10.9. The Morgan fingerprint density at radius 2 is 1.10 bits per heavy atom. The molecule has 9 nitrogen and oxygen atoms in total. The Morgan fingerprint density at radius 3 is 1.62 bits per heavy atom. The average molecular weight is 600 g/mol. The van der Waals surface area contributed by atoms with Crippen LogP contribution in [0.1, 0.15) is 149 Å². The zero-order valence-electron chi connectivity index (χ0n) is 27.1. The van der Waals surface area contributed by atoms with Gasteiger partial charge in [0.25, 0.3) is 0 Å². The van der Waals surface area contributed by atoms with Gasteiger partial charge in [-0.1, -0.05) is 135 Å². The largest absolute Gasteiger partial charge is 0.387 e. The Morgan fingerprint density at radius 1 is 0.619 bits per heavy atom. The van der Waals surface area contributed by atoms with Crippen LogP contribution in [0.4, 0.5) is 0 Å². The van der Waals surface area contributed by atoms with Gasteiger partial charge in [0, 0.05) is 31.3 Å². The lowest BCUT2D eigenvalue weighted by atomic mass is 9.99. The number of ether oxygens (including phenoxy) is 4. The van der Waals surface area contributed by atoms with Gasteiger partial charge in [-0.3, -0.25) is 0 Å². The molecule has 0 unspecified atom stereocenters. The zero-order chi connectivity index (χ0) is 30.5. The van der Waals surface area contributed by atoms with E-state index in [9.17, 15) is 10.2 Å². The van der Waals surface area contributed by atoms with E-state index in [-0.39, 0.29) is 6.61 Å². The standard InChI is InChI=1S/C33H65N3O6/c1-3-5-7-9-11-13-15-17-19-21-25-39-28-29-30(37)31(38)32(33(42-29)41-27-23-24-35-36-34)40-26-22-20-18-16-14-12-10-8-6-4-2/h29-33,37-38H,3-28H2,1-2H3/t29-,30+,31+,32-,33-/m1/s1. The van der Waals surface area contributed by atoms with Crippen molar-refractivity contribution >= 4 is 0 Å². The second kappa shape index (κ2) is 28.8. The van der Waals surface area contributed by atoms with Gasteiger partial charge in [-0.15, -0.1) is 0 Å². The van der Waals surface area contributed by atoms with Crippen molar-refractivity contribution in [3.63, 3.8) is 0 Å². The summed E-state index contributed by atoms with van der Waals surface area (Å²) in [6, 6.07) is 0. The lowest BCUT2D eigenvalue weighted by molar-refractivity contribution is -0.311. The first-order valence-corrected chi connectivity index (χ1v) is 17.5. The number of rotatable bonds is 30. The van der Waals surface area contributed by atoms with Crippen LogP contribution in [0.2, 0.25) is 0 Å². The fraction of sp³-hybridized carbons (Fsp3) is 1.00. The van der Waals surface area contributed by atoms with Crippen LogP contribution < -0.4 is 0 Å². The minimum Gasteiger partial charge on any atom is -0.387 e. The highest BCUT2D eigenvalue weighted by Crippen LogP contribution is 2.26. The molecule has 1 heterocycles. The summed E-state index contributed by atoms with van der Waals surface area (Å²) in [5.41, 5.74) is 8.50. The second-order valence-corrected chi connectivity index (χ2v) is 12.0. The minimum atomic E-state index is -1.13. The first kappa shape index (κ1) is 39.1. The van der Waals surface area contributed by atoms with E-state index in [4.69, 9.17) is 24.5 Å². The summed E-state index contributed by atoms with van der Waals surface area (Å²) in [7, 11) is 0. The van der Waals surface area contributed by atoms with Crippen molar-refractivity contribution < 1.29 is 29.2 Å². The van der Waals surface area contributed by atoms with Gasteiger partial charge in [-0.25, -0.2) is 0 Å². The van der Waals surface area contributed by atoms with E-state index in [1.165, 1.54) is 103 Å². The van der Waals surface area contributed by atoms with Crippen LogP contribution in [-0.4, -0.2) is 73.9 Å². The van der Waals surface area contributed by atoms with Gasteiger partial charge in [-0.05, 0) is 24.8 Å². The maximum absolute atomic E-state index is 10.9. The summed E-state index contributed by atoms with van der Waals surface area (Å²) in [5.74, 6) is 0. The molecule has 0 aromatic carbocycles. The lowest BCUT2D eigenvalue weighted by Crippen LogP contribution is -2.60. The van der Waals surface area contributed by atoms with Crippen molar-refractivity contribution in [2.24, 2.45) is 5.11 Å². The van der Waals surface area contributed by atoms with Gasteiger partial charge in [-0.2, -0.15) is 0 Å². The van der Waals surface area contributed by atoms with Gasteiger partial charge in [0.05, 0.1) is 6.61 Å². The number of nitrogens with zero attached hydrogens (tertiary/aromatic N) is 3. The Kier molecular flexibility index (Phi) is 26.8. The molecule has 0 aromatic heterocycles. The Balaban J connectivity index is 2.32. The van der Waals surface area contributed by atoms with E-state index >= 15 is 0 Å². The van der Waals surface area contributed by atoms with Crippen LogP contribution in [0.3, 0.4) is 0 Å². The summed E-state index contributed by atoms with van der Waals surface area (Å²) < 4.78 is 23.8. The normalized spacial score (nSPS) is 22.3. The zero-order valence-corrected chi connectivity index (χ0v) is 27.1. The number of unbranched alkanes of at least 4 members (excludes halogenated alkanes) is 18. The predicted molar refractivity (Wildman–Crippen MR) is 170 cm³/mol. The summed E-state index contributed by atoms with van der Waals surface area (Å²) in [4.78, 5) is 2.77. The van der Waals surface area contributed by atoms with Crippen LogP contribution in [0.25, 0.3) is 10.4 Å². The number of hydrogen-bond donors (Lipinski definition) is 2. The third-order valence-electron chi connectivity index (χ3n) is 8.12. The monoisotopic (exact) mass is 599 g/mol. The first-order chi connectivity index (χ1) is 20.7. The van der Waals surface area contributed by atoms with Crippen LogP contribution >= 0.6 is 0 Å². The third kappa shape index (κ3) is 20.1. The molecule has 0 spiro atoms. The molecule has 1 aliphatic rings. The van der Waals surface area contributed by atoms with Crippen LogP contribution in [0.5, 0.6) is 0 Å². The smallest absolute Gasteiger partial charge is 0.186 e. The molecule has 42 heavy (non-hydrogen) atoms. The van der Waals surface area contributed by atoms with Gasteiger partial charge >= 0.3 is 0 Å². The molecule has 0 amide bonds. The molecule has 248 valence electrons. The molecule has 9 heteroatoms. The van der Waals surface area contributed by atoms with Crippen LogP contribution in [-0.2, 0) is 18.9 Å². The van der Waals surface area contributed by atoms with Gasteiger partial charge in [0.2, 0.25) is 0 Å². The first-order valence-electron chi connectivity index (χ1n) is 17.5. The fourth-order valence-corrected chi connectivity index (χ4v) is 5.43. The molecule has 0 saturated carbocycles. The topological polar surface area (TPSA) is 126 Å². The molecular weight excluding hydrogens is 534 g/mol. The number of azide groups is 1. The molecule has 0 radical (unpaired) electrons. The minimum absolute atomic E-state index is 0.194. The lowest BCUT2D eigenvalue weighted by Gasteiger charge is -2.42. The molecule has 1 saturated heterocycles. The molecular formula is C33H65N3O6. The van der Waals surface area contributed by atoms with E-state index in [1.807, 2.05) is 0 Å². The van der Waals surface area contributed by atoms with Crippen LogP contribution in [0.15, 0.2) is 5.11 Å². The van der Waals surface area contributed by atoms with Crippen molar-refractivity contribution in [3.8, 4) is 0 Å². The van der Waals surface area contributed by atoms with E-state index in [0.717, 1.165) is 25.7 Å². The van der Waals surface area contributed by atoms with E-state index in [2.05, 4.69) is 23.9 Å². The highest BCUT2D eigenvalue weighted by molar-refractivity contribution is 4.90. The van der Waals surface area contributed by atoms with Crippen molar-refractivity contribution in [1.82, 2.24) is 0 Å². The summed E-state index contributed by atoms with van der Waals surface area (Å²) in [6.45, 7) is 6.40. The maximum Gasteiger partial charge on any atom is 0.186 e. The Labute approximate surface area is 257 Å². The third-order valence-corrected chi connectivity index (χ3v) is 8.12.